The van der Waals surface area contributed by atoms with Crippen LogP contribution in [0.3, 0.4) is 0 Å². The van der Waals surface area contributed by atoms with E-state index in [9.17, 15) is 4.79 Å². The molecular formula is C50H73N9O4Si. The lowest BCUT2D eigenvalue weighted by Crippen LogP contribution is -2.47. The van der Waals surface area contributed by atoms with Gasteiger partial charge in [-0.2, -0.15) is 5.10 Å². The van der Waals surface area contributed by atoms with Crippen molar-refractivity contribution in [2.24, 2.45) is 0 Å². The van der Waals surface area contributed by atoms with Crippen molar-refractivity contribution in [3.8, 4) is 17.2 Å². The van der Waals surface area contributed by atoms with Crippen molar-refractivity contribution >= 4 is 31.8 Å². The number of nitrogens with one attached hydrogen (secondary N) is 2. The fourth-order valence-corrected chi connectivity index (χ4v) is 15.4. The van der Waals surface area contributed by atoms with Crippen molar-refractivity contribution < 1.29 is 18.7 Å². The largest absolute Gasteiger partial charge is 0.492 e. The number of amides is 2. The molecule has 4 heterocycles. The van der Waals surface area contributed by atoms with Gasteiger partial charge in [-0.1, -0.05) is 92.6 Å². The fraction of sp³-hybridized carbons (Fsp3) is 0.560. The van der Waals surface area contributed by atoms with Crippen molar-refractivity contribution in [1.82, 2.24) is 34.6 Å². The van der Waals surface area contributed by atoms with Crippen molar-refractivity contribution in [2.45, 2.75) is 148 Å². The van der Waals surface area contributed by atoms with Crippen molar-refractivity contribution in [3.63, 3.8) is 0 Å². The van der Waals surface area contributed by atoms with E-state index < -0.39 is 8.32 Å². The van der Waals surface area contributed by atoms with Gasteiger partial charge >= 0.3 is 6.03 Å². The molecule has 0 bridgehead atoms. The maximum absolute atomic E-state index is 14.1. The molecule has 2 N–H and O–H groups in total. The summed E-state index contributed by atoms with van der Waals surface area (Å²) in [6.07, 6.45) is 6.81. The standard InChI is InChI=1S/C50H73N9O4Si/c1-33(2)64(34(3)4,35(5)6)62-32-37-20-21-38(29-44(37)61-28-27-56(11)12)59-47(30-45(55-59)50(8,9)10)52-48(60)51-42-23-24-43(41-19-14-13-18-40(41)42)63-39-22-25-46-53-54-49(58(46)31-39)57-26-16-15-17-36(57)7/h13-14,18-22,25,29-31,33-36,42-43H,15-17,23-24,26-28,32H2,1-12H3,(H2,51,52,60)/t36?,42-,43+/m0/s1. The maximum atomic E-state index is 14.1. The first-order chi connectivity index (χ1) is 30.5. The van der Waals surface area contributed by atoms with Crippen LogP contribution in [0.25, 0.3) is 11.3 Å². The minimum atomic E-state index is -2.13. The van der Waals surface area contributed by atoms with E-state index in [-0.39, 0.29) is 23.6 Å². The third kappa shape index (κ3) is 10.1. The summed E-state index contributed by atoms with van der Waals surface area (Å²) in [5.74, 6) is 2.95. The zero-order chi connectivity index (χ0) is 45.9. The Bertz CT molecular complexity index is 2340. The molecule has 1 fully saturated rings. The third-order valence-corrected chi connectivity index (χ3v) is 19.5. The van der Waals surface area contributed by atoms with Gasteiger partial charge in [0, 0.05) is 42.2 Å². The minimum Gasteiger partial charge on any atom is -0.492 e. The van der Waals surface area contributed by atoms with Crippen LogP contribution in [0.2, 0.25) is 16.6 Å². The van der Waals surface area contributed by atoms with Gasteiger partial charge in [0.25, 0.3) is 0 Å². The minimum absolute atomic E-state index is 0.179. The first-order valence-electron chi connectivity index (χ1n) is 23.6. The average Bonchev–Trinajstić information content (AvgIpc) is 3.86. The number of hydrogen-bond donors (Lipinski definition) is 2. The number of nitrogens with zero attached hydrogens (tertiary/aromatic N) is 7. The van der Waals surface area contributed by atoms with Gasteiger partial charge in [0.2, 0.25) is 14.3 Å². The summed E-state index contributed by atoms with van der Waals surface area (Å²) in [7, 11) is 1.96. The van der Waals surface area contributed by atoms with Gasteiger partial charge in [-0.15, -0.1) is 10.2 Å². The molecule has 1 aliphatic heterocycles. The molecular weight excluding hydrogens is 819 g/mol. The van der Waals surface area contributed by atoms with E-state index in [0.29, 0.717) is 48.1 Å². The molecule has 3 aromatic heterocycles. The second-order valence-electron chi connectivity index (χ2n) is 20.2. The summed E-state index contributed by atoms with van der Waals surface area (Å²) in [6, 6.07) is 20.3. The monoisotopic (exact) mass is 892 g/mol. The van der Waals surface area contributed by atoms with Crippen LogP contribution in [-0.4, -0.2) is 83.5 Å². The highest BCUT2D eigenvalue weighted by molar-refractivity contribution is 6.77. The van der Waals surface area contributed by atoms with E-state index in [1.165, 1.54) is 6.42 Å². The molecule has 2 amide bonds. The SMILES string of the molecule is CC1CCCCN1c1nnc2ccc(O[C@@H]3CC[C@H](NC(=O)Nc4cc(C(C)(C)C)nn4-c4ccc(CO[Si](C(C)C)(C(C)C)C(C)C)c(OCCN(C)C)c4)c4ccccc43)cn12. The van der Waals surface area contributed by atoms with Gasteiger partial charge in [-0.3, -0.25) is 9.72 Å². The number of rotatable bonds is 16. The molecule has 14 heteroatoms. The third-order valence-electron chi connectivity index (χ3n) is 13.4. The molecule has 0 saturated carbocycles. The molecule has 0 radical (unpaired) electrons. The molecule has 2 aliphatic rings. The van der Waals surface area contributed by atoms with Crippen molar-refractivity contribution in [2.75, 3.05) is 44.0 Å². The Hall–Kier alpha value is -4.92. The molecule has 2 aromatic carbocycles. The zero-order valence-electron chi connectivity index (χ0n) is 40.4. The van der Waals surface area contributed by atoms with E-state index >= 15 is 0 Å². The number of carbonyl (C=O) groups is 1. The highest BCUT2D eigenvalue weighted by Gasteiger charge is 2.45. The van der Waals surface area contributed by atoms with Crippen LogP contribution in [0.5, 0.6) is 11.5 Å². The predicted octanol–water partition coefficient (Wildman–Crippen LogP) is 11.0. The number of aromatic nitrogens is 5. The van der Waals surface area contributed by atoms with Gasteiger partial charge < -0.3 is 29.0 Å². The molecule has 64 heavy (non-hydrogen) atoms. The number of urea groups is 1. The van der Waals surface area contributed by atoms with Gasteiger partial charge in [0.1, 0.15) is 30.0 Å². The smallest absolute Gasteiger partial charge is 0.320 e. The summed E-state index contributed by atoms with van der Waals surface area (Å²) in [6.45, 7) is 25.2. The quantitative estimate of drug-likeness (QED) is 0.0932. The van der Waals surface area contributed by atoms with Gasteiger partial charge in [-0.25, -0.2) is 9.48 Å². The van der Waals surface area contributed by atoms with Crippen molar-refractivity contribution in [1.29, 1.82) is 0 Å². The number of piperidine rings is 1. The molecule has 1 saturated heterocycles. The predicted molar refractivity (Wildman–Crippen MR) is 260 cm³/mol. The van der Waals surface area contributed by atoms with Crippen LogP contribution in [0, 0.1) is 0 Å². The van der Waals surface area contributed by atoms with Crippen LogP contribution >= 0.6 is 0 Å². The van der Waals surface area contributed by atoms with Crippen LogP contribution in [0.1, 0.15) is 136 Å². The van der Waals surface area contributed by atoms with Gasteiger partial charge in [0.05, 0.1) is 30.2 Å². The van der Waals surface area contributed by atoms with Gasteiger partial charge in [0.15, 0.2) is 5.65 Å². The zero-order valence-corrected chi connectivity index (χ0v) is 41.4. The maximum Gasteiger partial charge on any atom is 0.320 e. The van der Waals surface area contributed by atoms with E-state index in [0.717, 1.165) is 83.5 Å². The number of likely N-dealkylation sites (N-methyl/N-ethyl adjacent to an activating group) is 1. The van der Waals surface area contributed by atoms with Gasteiger partial charge in [-0.05, 0) is 99.1 Å². The number of pyridine rings is 1. The van der Waals surface area contributed by atoms with E-state index in [4.69, 9.17) is 19.0 Å². The Morgan fingerprint density at radius 3 is 2.33 bits per heavy atom. The number of benzene rings is 2. The highest BCUT2D eigenvalue weighted by atomic mass is 28.4. The van der Waals surface area contributed by atoms with Crippen LogP contribution in [0.15, 0.2) is 66.9 Å². The second-order valence-corrected chi connectivity index (χ2v) is 25.7. The fourth-order valence-electron chi connectivity index (χ4n) is 10.0. The molecule has 1 unspecified atom stereocenters. The van der Waals surface area contributed by atoms with Crippen LogP contribution < -0.4 is 25.0 Å². The molecule has 1 aliphatic carbocycles. The summed E-state index contributed by atoms with van der Waals surface area (Å²) >= 11 is 0. The number of anilines is 2. The number of fused-ring (bicyclic) bond motifs is 2. The lowest BCUT2D eigenvalue weighted by molar-refractivity contribution is 0.171. The molecule has 13 nitrogen and oxygen atoms in total. The number of hydrogen-bond acceptors (Lipinski definition) is 9. The Morgan fingerprint density at radius 1 is 0.906 bits per heavy atom. The first kappa shape index (κ1) is 47.1. The Balaban J connectivity index is 1.11. The molecule has 7 rings (SSSR count). The summed E-state index contributed by atoms with van der Waals surface area (Å²) in [5, 5.41) is 20.6. The van der Waals surface area contributed by atoms with E-state index in [1.807, 2.05) is 61.4 Å². The highest BCUT2D eigenvalue weighted by Crippen LogP contribution is 2.44. The normalized spacial score (nSPS) is 18.3. The molecule has 5 aromatic rings. The van der Waals surface area contributed by atoms with Crippen LogP contribution in [0.4, 0.5) is 16.6 Å². The topological polar surface area (TPSA) is 123 Å². The van der Waals surface area contributed by atoms with Crippen molar-refractivity contribution in [3.05, 3.63) is 89.2 Å². The number of ether oxygens (including phenoxy) is 2. The lowest BCUT2D eigenvalue weighted by atomic mass is 9.85. The Morgan fingerprint density at radius 2 is 1.64 bits per heavy atom. The Kier molecular flexibility index (Phi) is 14.5. The second kappa shape index (κ2) is 19.7. The molecule has 0 spiro atoms. The van der Waals surface area contributed by atoms with E-state index in [1.54, 1.807) is 0 Å². The molecule has 346 valence electrons. The Labute approximate surface area is 382 Å². The summed E-state index contributed by atoms with van der Waals surface area (Å²) in [5.41, 5.74) is 6.69. The summed E-state index contributed by atoms with van der Waals surface area (Å²) in [4.78, 5) is 18.6. The lowest BCUT2D eigenvalue weighted by Gasteiger charge is -2.42. The average molecular weight is 892 g/mol. The number of carbonyl (C=O) groups excluding carboxylic acids is 1. The van der Waals surface area contributed by atoms with Crippen LogP contribution in [-0.2, 0) is 16.4 Å². The van der Waals surface area contributed by atoms with E-state index in [2.05, 4.69) is 129 Å². The summed E-state index contributed by atoms with van der Waals surface area (Å²) < 4.78 is 24.2. The molecule has 3 atom stereocenters. The first-order valence-corrected chi connectivity index (χ1v) is 25.7.